The molecule has 5 heteroatoms. The van der Waals surface area contributed by atoms with Crippen LogP contribution in [0.5, 0.6) is 0 Å². The van der Waals surface area contributed by atoms with Crippen LogP contribution in [0.25, 0.3) is 10.8 Å². The van der Waals surface area contributed by atoms with E-state index in [9.17, 15) is 8.42 Å². The quantitative estimate of drug-likeness (QED) is 0.828. The Morgan fingerprint density at radius 3 is 2.50 bits per heavy atom. The normalized spacial score (nSPS) is 11.9. The lowest BCUT2D eigenvalue weighted by atomic mass is 10.1. The summed E-state index contributed by atoms with van der Waals surface area (Å²) in [4.78, 5) is 0.228. The van der Waals surface area contributed by atoms with Crippen LogP contribution >= 0.6 is 0 Å². The van der Waals surface area contributed by atoms with Crippen LogP contribution in [0, 0.1) is 0 Å². The number of hydrogen-bond acceptors (Lipinski definition) is 3. The highest BCUT2D eigenvalue weighted by molar-refractivity contribution is 7.89. The van der Waals surface area contributed by atoms with Gasteiger partial charge in [0.15, 0.2) is 0 Å². The first kappa shape index (κ1) is 14.7. The van der Waals surface area contributed by atoms with Crippen molar-refractivity contribution in [2.75, 3.05) is 19.7 Å². The summed E-state index contributed by atoms with van der Waals surface area (Å²) in [7, 11) is -3.61. The Morgan fingerprint density at radius 1 is 1.15 bits per heavy atom. The SMILES string of the molecule is C=CCN(CCO)S(=O)(=O)c1ccc2ccccc2c1. The fourth-order valence-electron chi connectivity index (χ4n) is 2.04. The van der Waals surface area contributed by atoms with Crippen LogP contribution < -0.4 is 0 Å². The molecule has 0 heterocycles. The molecule has 0 saturated carbocycles. The number of aliphatic hydroxyl groups is 1. The van der Waals surface area contributed by atoms with Gasteiger partial charge in [-0.15, -0.1) is 6.58 Å². The van der Waals surface area contributed by atoms with Crippen molar-refractivity contribution >= 4 is 20.8 Å². The molecule has 4 nitrogen and oxygen atoms in total. The van der Waals surface area contributed by atoms with E-state index in [4.69, 9.17) is 5.11 Å². The molecule has 2 rings (SSSR count). The molecular formula is C15H17NO3S. The van der Waals surface area contributed by atoms with Gasteiger partial charge < -0.3 is 5.11 Å². The smallest absolute Gasteiger partial charge is 0.243 e. The lowest BCUT2D eigenvalue weighted by Gasteiger charge is -2.19. The van der Waals surface area contributed by atoms with Crippen molar-refractivity contribution < 1.29 is 13.5 Å². The highest BCUT2D eigenvalue weighted by atomic mass is 32.2. The maximum Gasteiger partial charge on any atom is 0.243 e. The Kier molecular flexibility index (Phi) is 4.54. The minimum Gasteiger partial charge on any atom is -0.395 e. The summed E-state index contributed by atoms with van der Waals surface area (Å²) < 4.78 is 26.3. The number of rotatable bonds is 6. The molecule has 106 valence electrons. The molecule has 0 bridgehead atoms. The Morgan fingerprint density at radius 2 is 1.85 bits per heavy atom. The highest BCUT2D eigenvalue weighted by Gasteiger charge is 2.22. The number of sulfonamides is 1. The number of hydrogen-bond donors (Lipinski definition) is 1. The molecule has 2 aromatic carbocycles. The van der Waals surface area contributed by atoms with Crippen LogP contribution in [-0.4, -0.2) is 37.5 Å². The van der Waals surface area contributed by atoms with Crippen molar-refractivity contribution in [2.24, 2.45) is 0 Å². The van der Waals surface area contributed by atoms with Crippen LogP contribution in [0.4, 0.5) is 0 Å². The van der Waals surface area contributed by atoms with Gasteiger partial charge in [-0.25, -0.2) is 8.42 Å². The van der Waals surface area contributed by atoms with Gasteiger partial charge >= 0.3 is 0 Å². The molecule has 0 aliphatic carbocycles. The van der Waals surface area contributed by atoms with E-state index in [2.05, 4.69) is 6.58 Å². The molecule has 0 aliphatic heterocycles. The lowest BCUT2D eigenvalue weighted by molar-refractivity contribution is 0.260. The molecule has 0 fully saturated rings. The van der Waals surface area contributed by atoms with Gasteiger partial charge in [-0.3, -0.25) is 0 Å². The number of benzene rings is 2. The fourth-order valence-corrected chi connectivity index (χ4v) is 3.48. The summed E-state index contributed by atoms with van der Waals surface area (Å²) in [6.07, 6.45) is 1.51. The maximum atomic E-state index is 12.5. The first-order valence-corrected chi connectivity index (χ1v) is 7.74. The van der Waals surface area contributed by atoms with Gasteiger partial charge in [0.25, 0.3) is 0 Å². The molecule has 20 heavy (non-hydrogen) atoms. The average Bonchev–Trinajstić information content (AvgIpc) is 2.46. The molecule has 1 N–H and O–H groups in total. The topological polar surface area (TPSA) is 57.6 Å². The highest BCUT2D eigenvalue weighted by Crippen LogP contribution is 2.21. The van der Waals surface area contributed by atoms with Crippen molar-refractivity contribution in [2.45, 2.75) is 4.90 Å². The molecule has 0 aliphatic rings. The van der Waals surface area contributed by atoms with E-state index in [1.165, 1.54) is 10.4 Å². The fraction of sp³-hybridized carbons (Fsp3) is 0.200. The predicted octanol–water partition coefficient (Wildman–Crippen LogP) is 2.01. The van der Waals surface area contributed by atoms with Gasteiger partial charge in [-0.05, 0) is 22.9 Å². The first-order valence-electron chi connectivity index (χ1n) is 6.30. The summed E-state index contributed by atoms with van der Waals surface area (Å²) in [6, 6.07) is 12.6. The van der Waals surface area contributed by atoms with Crippen molar-refractivity contribution in [1.29, 1.82) is 0 Å². The molecule has 0 unspecified atom stereocenters. The minimum absolute atomic E-state index is 0.0567. The van der Waals surface area contributed by atoms with Crippen LogP contribution in [-0.2, 0) is 10.0 Å². The van der Waals surface area contributed by atoms with Gasteiger partial charge in [0.05, 0.1) is 11.5 Å². The second kappa shape index (κ2) is 6.17. The molecule has 0 radical (unpaired) electrons. The number of nitrogens with zero attached hydrogens (tertiary/aromatic N) is 1. The van der Waals surface area contributed by atoms with Crippen molar-refractivity contribution in [3.8, 4) is 0 Å². The summed E-state index contributed by atoms with van der Waals surface area (Å²) in [5.74, 6) is 0. The van der Waals surface area contributed by atoms with E-state index >= 15 is 0 Å². The van der Waals surface area contributed by atoms with Crippen molar-refractivity contribution in [1.82, 2.24) is 4.31 Å². The Hall–Kier alpha value is -1.69. The predicted molar refractivity (Wildman–Crippen MR) is 80.0 cm³/mol. The maximum absolute atomic E-state index is 12.5. The van der Waals surface area contributed by atoms with E-state index in [1.54, 1.807) is 18.2 Å². The van der Waals surface area contributed by atoms with Gasteiger partial charge in [-0.1, -0.05) is 36.4 Å². The van der Waals surface area contributed by atoms with Gasteiger partial charge in [-0.2, -0.15) is 4.31 Å². The van der Waals surface area contributed by atoms with Crippen LogP contribution in [0.3, 0.4) is 0 Å². The summed E-state index contributed by atoms with van der Waals surface area (Å²) in [6.45, 7) is 3.56. The third kappa shape index (κ3) is 2.90. The first-order chi connectivity index (χ1) is 9.59. The Bertz CT molecular complexity index is 710. The van der Waals surface area contributed by atoms with Crippen molar-refractivity contribution in [3.05, 3.63) is 55.1 Å². The summed E-state index contributed by atoms with van der Waals surface area (Å²) >= 11 is 0. The molecule has 0 aromatic heterocycles. The van der Waals surface area contributed by atoms with Gasteiger partial charge in [0.2, 0.25) is 10.0 Å². The average molecular weight is 291 g/mol. The Labute approximate surface area is 119 Å². The third-order valence-corrected chi connectivity index (χ3v) is 4.90. The molecule has 0 atom stereocenters. The summed E-state index contributed by atoms with van der Waals surface area (Å²) in [5, 5.41) is 10.9. The zero-order valence-electron chi connectivity index (χ0n) is 11.1. The second-order valence-corrected chi connectivity index (χ2v) is 6.32. The third-order valence-electron chi connectivity index (χ3n) is 3.04. The second-order valence-electron chi connectivity index (χ2n) is 4.38. The molecule has 0 saturated heterocycles. The van der Waals surface area contributed by atoms with Crippen LogP contribution in [0.1, 0.15) is 0 Å². The molecular weight excluding hydrogens is 274 g/mol. The van der Waals surface area contributed by atoms with E-state index in [0.29, 0.717) is 0 Å². The lowest BCUT2D eigenvalue weighted by Crippen LogP contribution is -2.33. The monoisotopic (exact) mass is 291 g/mol. The van der Waals surface area contributed by atoms with E-state index < -0.39 is 10.0 Å². The van der Waals surface area contributed by atoms with Crippen LogP contribution in [0.2, 0.25) is 0 Å². The van der Waals surface area contributed by atoms with Gasteiger partial charge in [0.1, 0.15) is 0 Å². The zero-order valence-corrected chi connectivity index (χ0v) is 11.9. The van der Waals surface area contributed by atoms with E-state index in [-0.39, 0.29) is 24.6 Å². The summed E-state index contributed by atoms with van der Waals surface area (Å²) in [5.41, 5.74) is 0. The number of aliphatic hydroxyl groups excluding tert-OH is 1. The molecule has 0 amide bonds. The van der Waals surface area contributed by atoms with E-state index in [0.717, 1.165) is 10.8 Å². The van der Waals surface area contributed by atoms with E-state index in [1.807, 2.05) is 24.3 Å². The minimum atomic E-state index is -3.61. The Balaban J connectivity index is 2.46. The molecule has 0 spiro atoms. The van der Waals surface area contributed by atoms with Crippen LogP contribution in [0.15, 0.2) is 60.0 Å². The number of fused-ring (bicyclic) bond motifs is 1. The van der Waals surface area contributed by atoms with Gasteiger partial charge in [0, 0.05) is 13.1 Å². The van der Waals surface area contributed by atoms with Crippen molar-refractivity contribution in [3.63, 3.8) is 0 Å². The standard InChI is InChI=1S/C15H17NO3S/c1-2-9-16(10-11-17)20(18,19)15-8-7-13-5-3-4-6-14(13)12-15/h2-8,12,17H,1,9-11H2. The largest absolute Gasteiger partial charge is 0.395 e. The zero-order chi connectivity index (χ0) is 14.6. The molecule has 2 aromatic rings.